The molecule has 5 nitrogen and oxygen atoms in total. The second-order valence-electron chi connectivity index (χ2n) is 7.75. The van der Waals surface area contributed by atoms with Gasteiger partial charge in [-0.2, -0.15) is 0 Å². The maximum Gasteiger partial charge on any atom is 0.294 e. The number of fused-ring (bicyclic) bond motifs is 1. The van der Waals surface area contributed by atoms with E-state index >= 15 is 0 Å². The lowest BCUT2D eigenvalue weighted by Gasteiger charge is -2.30. The van der Waals surface area contributed by atoms with Gasteiger partial charge in [-0.05, 0) is 42.7 Å². The Morgan fingerprint density at radius 2 is 1.77 bits per heavy atom. The fourth-order valence-corrected chi connectivity index (χ4v) is 4.39. The van der Waals surface area contributed by atoms with Crippen molar-refractivity contribution < 1.29 is 14.3 Å². The molecule has 0 spiro atoms. The van der Waals surface area contributed by atoms with Crippen LogP contribution in [0, 0.1) is 0 Å². The first-order chi connectivity index (χ1) is 14.6. The highest BCUT2D eigenvalue weighted by Gasteiger charge is 2.32. The number of ether oxygens (including phenoxy) is 1. The molecule has 30 heavy (non-hydrogen) atoms. The van der Waals surface area contributed by atoms with Crippen molar-refractivity contribution in [3.63, 3.8) is 0 Å². The van der Waals surface area contributed by atoms with Crippen molar-refractivity contribution in [2.45, 2.75) is 44.6 Å². The summed E-state index contributed by atoms with van der Waals surface area (Å²) in [6, 6.07) is 15.1. The van der Waals surface area contributed by atoms with E-state index in [0.29, 0.717) is 11.4 Å². The normalized spacial score (nSPS) is 18.5. The molecule has 1 aliphatic carbocycles. The van der Waals surface area contributed by atoms with E-state index in [1.54, 1.807) is 12.1 Å². The molecule has 0 aromatic heterocycles. The third-order valence-electron chi connectivity index (χ3n) is 5.55. The summed E-state index contributed by atoms with van der Waals surface area (Å²) >= 11 is 3.50. The van der Waals surface area contributed by atoms with Crippen molar-refractivity contribution in [2.75, 3.05) is 11.4 Å². The first-order valence-electron chi connectivity index (χ1n) is 10.5. The van der Waals surface area contributed by atoms with E-state index in [-0.39, 0.29) is 30.2 Å². The van der Waals surface area contributed by atoms with Crippen LogP contribution in [0.2, 0.25) is 0 Å². The highest BCUT2D eigenvalue weighted by Crippen LogP contribution is 2.36. The number of hydrogen-bond acceptors (Lipinski definition) is 3. The number of benzene rings is 2. The summed E-state index contributed by atoms with van der Waals surface area (Å²) in [5, 5.41) is 3.13. The predicted octanol–water partition coefficient (Wildman–Crippen LogP) is 5.05. The zero-order valence-corrected chi connectivity index (χ0v) is 18.4. The predicted molar refractivity (Wildman–Crippen MR) is 121 cm³/mol. The molecule has 4 rings (SSSR count). The molecule has 0 atom stereocenters. The van der Waals surface area contributed by atoms with Crippen LogP contribution in [0.25, 0.3) is 6.08 Å². The smallest absolute Gasteiger partial charge is 0.294 e. The van der Waals surface area contributed by atoms with Gasteiger partial charge in [0.2, 0.25) is 5.91 Å². The maximum absolute atomic E-state index is 13.2. The van der Waals surface area contributed by atoms with Crippen LogP contribution in [0.4, 0.5) is 5.69 Å². The Kier molecular flexibility index (Phi) is 6.53. The summed E-state index contributed by atoms with van der Waals surface area (Å²) in [4.78, 5) is 27.5. The van der Waals surface area contributed by atoms with Gasteiger partial charge in [0.1, 0.15) is 6.54 Å². The average molecular weight is 469 g/mol. The van der Waals surface area contributed by atoms with Crippen LogP contribution in [-0.2, 0) is 9.59 Å². The number of amides is 2. The van der Waals surface area contributed by atoms with Crippen LogP contribution >= 0.6 is 15.9 Å². The Balaban J connectivity index is 1.57. The van der Waals surface area contributed by atoms with Gasteiger partial charge in [0, 0.05) is 10.5 Å². The van der Waals surface area contributed by atoms with Gasteiger partial charge in [0.25, 0.3) is 5.91 Å². The largest absolute Gasteiger partial charge is 0.449 e. The van der Waals surface area contributed by atoms with Crippen molar-refractivity contribution in [1.29, 1.82) is 0 Å². The summed E-state index contributed by atoms with van der Waals surface area (Å²) in [7, 11) is 0. The molecule has 6 heteroatoms. The molecule has 2 aromatic carbocycles. The Hall–Kier alpha value is -2.60. The topological polar surface area (TPSA) is 58.6 Å². The summed E-state index contributed by atoms with van der Waals surface area (Å²) < 4.78 is 6.76. The van der Waals surface area contributed by atoms with E-state index in [1.807, 2.05) is 42.5 Å². The van der Waals surface area contributed by atoms with Crippen LogP contribution in [0.1, 0.15) is 44.1 Å². The summed E-state index contributed by atoms with van der Waals surface area (Å²) in [5.41, 5.74) is 1.45. The monoisotopic (exact) mass is 468 g/mol. The SMILES string of the molecule is O=C(CN1C(=O)C(=Cc2ccccc2Br)Oc2ccccc21)NC1CCCCCC1. The Bertz CT molecular complexity index is 964. The first-order valence-corrected chi connectivity index (χ1v) is 11.3. The summed E-state index contributed by atoms with van der Waals surface area (Å²) in [6.07, 6.45) is 8.46. The second kappa shape index (κ2) is 9.47. The highest BCUT2D eigenvalue weighted by molar-refractivity contribution is 9.10. The molecular weight excluding hydrogens is 444 g/mol. The van der Waals surface area contributed by atoms with E-state index < -0.39 is 0 Å². The van der Waals surface area contributed by atoms with Gasteiger partial charge < -0.3 is 10.1 Å². The molecule has 0 saturated heterocycles. The van der Waals surface area contributed by atoms with Crippen LogP contribution in [-0.4, -0.2) is 24.4 Å². The molecule has 0 bridgehead atoms. The number of carbonyl (C=O) groups excluding carboxylic acids is 2. The molecule has 1 heterocycles. The number of para-hydroxylation sites is 2. The van der Waals surface area contributed by atoms with Gasteiger partial charge in [-0.1, -0.05) is 71.9 Å². The van der Waals surface area contributed by atoms with Crippen molar-refractivity contribution >= 4 is 39.5 Å². The Morgan fingerprint density at radius 3 is 2.53 bits per heavy atom. The minimum absolute atomic E-state index is 0.0248. The van der Waals surface area contributed by atoms with Crippen molar-refractivity contribution in [3.05, 3.63) is 64.3 Å². The second-order valence-corrected chi connectivity index (χ2v) is 8.60. The molecule has 1 N–H and O–H groups in total. The lowest BCUT2D eigenvalue weighted by molar-refractivity contribution is -0.124. The van der Waals surface area contributed by atoms with Crippen molar-refractivity contribution in [3.8, 4) is 5.75 Å². The maximum atomic E-state index is 13.2. The lowest BCUT2D eigenvalue weighted by Crippen LogP contribution is -2.46. The zero-order valence-electron chi connectivity index (χ0n) is 16.8. The van der Waals surface area contributed by atoms with E-state index in [0.717, 1.165) is 35.7 Å². The molecule has 0 unspecified atom stereocenters. The molecule has 1 fully saturated rings. The third-order valence-corrected chi connectivity index (χ3v) is 6.27. The van der Waals surface area contributed by atoms with Crippen LogP contribution in [0.15, 0.2) is 58.8 Å². The molecule has 2 amide bonds. The molecule has 0 radical (unpaired) electrons. The Morgan fingerprint density at radius 1 is 1.07 bits per heavy atom. The minimum atomic E-state index is -0.319. The molecular formula is C24H25BrN2O3. The van der Waals surface area contributed by atoms with Gasteiger partial charge in [-0.25, -0.2) is 0 Å². The zero-order chi connectivity index (χ0) is 20.9. The van der Waals surface area contributed by atoms with Crippen LogP contribution in [0.3, 0.4) is 0 Å². The quantitative estimate of drug-likeness (QED) is 0.504. The standard InChI is InChI=1S/C24H25BrN2O3/c25-19-12-6-5-9-17(19)15-22-24(29)27(20-13-7-8-14-21(20)30-22)16-23(28)26-18-10-3-1-2-4-11-18/h5-9,12-15,18H,1-4,10-11,16H2,(H,26,28). The average Bonchev–Trinajstić information content (AvgIpc) is 3.01. The van der Waals surface area contributed by atoms with Crippen LogP contribution < -0.4 is 15.0 Å². The van der Waals surface area contributed by atoms with Gasteiger partial charge in [-0.15, -0.1) is 0 Å². The number of rotatable bonds is 4. The fraction of sp³-hybridized carbons (Fsp3) is 0.333. The molecule has 156 valence electrons. The van der Waals surface area contributed by atoms with Gasteiger partial charge in [0.05, 0.1) is 5.69 Å². The van der Waals surface area contributed by atoms with Gasteiger partial charge >= 0.3 is 0 Å². The summed E-state index contributed by atoms with van der Waals surface area (Å²) in [6.45, 7) is -0.0248. The van der Waals surface area contributed by atoms with Crippen molar-refractivity contribution in [1.82, 2.24) is 5.32 Å². The molecule has 2 aromatic rings. The van der Waals surface area contributed by atoms with Crippen molar-refractivity contribution in [2.24, 2.45) is 0 Å². The number of nitrogens with zero attached hydrogens (tertiary/aromatic N) is 1. The lowest BCUT2D eigenvalue weighted by atomic mass is 10.1. The number of anilines is 1. The summed E-state index contributed by atoms with van der Waals surface area (Å²) in [5.74, 6) is 0.313. The molecule has 1 saturated carbocycles. The third kappa shape index (κ3) is 4.75. The minimum Gasteiger partial charge on any atom is -0.449 e. The van der Waals surface area contributed by atoms with E-state index in [4.69, 9.17) is 4.74 Å². The van der Waals surface area contributed by atoms with E-state index in [1.165, 1.54) is 17.7 Å². The molecule has 1 aliphatic heterocycles. The fourth-order valence-electron chi connectivity index (χ4n) is 3.99. The number of carbonyl (C=O) groups is 2. The van der Waals surface area contributed by atoms with Crippen LogP contribution in [0.5, 0.6) is 5.75 Å². The van der Waals surface area contributed by atoms with Gasteiger partial charge in [0.15, 0.2) is 11.5 Å². The Labute approximate surface area is 185 Å². The number of hydrogen-bond donors (Lipinski definition) is 1. The number of halogens is 1. The number of nitrogens with one attached hydrogen (secondary N) is 1. The van der Waals surface area contributed by atoms with E-state index in [9.17, 15) is 9.59 Å². The first kappa shape index (κ1) is 20.7. The van der Waals surface area contributed by atoms with Gasteiger partial charge in [-0.3, -0.25) is 14.5 Å². The van der Waals surface area contributed by atoms with E-state index in [2.05, 4.69) is 21.2 Å². The highest BCUT2D eigenvalue weighted by atomic mass is 79.9. The molecule has 2 aliphatic rings.